The average molecular weight is 380 g/mol. The van der Waals surface area contributed by atoms with Crippen molar-refractivity contribution in [2.24, 2.45) is 0 Å². The van der Waals surface area contributed by atoms with Crippen molar-refractivity contribution < 1.29 is 19.1 Å². The van der Waals surface area contributed by atoms with Gasteiger partial charge in [0.15, 0.2) is 6.61 Å². The highest BCUT2D eigenvalue weighted by atomic mass is 35.5. The molecular weight excluding hydrogens is 362 g/mol. The molecule has 0 bridgehead atoms. The molecule has 3 rings (SSSR count). The Morgan fingerprint density at radius 2 is 2.08 bits per heavy atom. The number of amides is 1. The minimum Gasteiger partial charge on any atom is -0.484 e. The summed E-state index contributed by atoms with van der Waals surface area (Å²) in [5.74, 6) is -0.226. The normalized spacial score (nSPS) is 13.0. The summed E-state index contributed by atoms with van der Waals surface area (Å²) in [5.41, 5.74) is 1.49. The molecule has 0 unspecified atom stereocenters. The van der Waals surface area contributed by atoms with Gasteiger partial charge in [0.1, 0.15) is 10.8 Å². The van der Waals surface area contributed by atoms with Gasteiger partial charge in [-0.2, -0.15) is 0 Å². The third-order valence-electron chi connectivity index (χ3n) is 3.98. The van der Waals surface area contributed by atoms with E-state index in [1.807, 2.05) is 0 Å². The summed E-state index contributed by atoms with van der Waals surface area (Å²) >= 11 is 7.34. The molecule has 5 nitrogen and oxygen atoms in total. The first-order valence-corrected chi connectivity index (χ1v) is 9.19. The second-order valence-electron chi connectivity index (χ2n) is 5.70. The lowest BCUT2D eigenvalue weighted by Crippen LogP contribution is -2.21. The van der Waals surface area contributed by atoms with Crippen LogP contribution in [0.4, 0.5) is 5.00 Å². The van der Waals surface area contributed by atoms with Gasteiger partial charge in [-0.25, -0.2) is 4.79 Å². The van der Waals surface area contributed by atoms with Crippen LogP contribution in [0.5, 0.6) is 5.75 Å². The van der Waals surface area contributed by atoms with E-state index in [4.69, 9.17) is 21.1 Å². The van der Waals surface area contributed by atoms with E-state index in [9.17, 15) is 9.59 Å². The summed E-state index contributed by atoms with van der Waals surface area (Å²) in [6.45, 7) is -0.163. The predicted molar refractivity (Wildman–Crippen MR) is 97.9 cm³/mol. The number of hydrogen-bond acceptors (Lipinski definition) is 5. The largest absolute Gasteiger partial charge is 0.484 e. The van der Waals surface area contributed by atoms with Gasteiger partial charge in [-0.1, -0.05) is 17.7 Å². The molecule has 1 aromatic carbocycles. The number of nitrogens with one attached hydrogen (secondary N) is 1. The Hall–Kier alpha value is -2.05. The molecule has 1 N–H and O–H groups in total. The van der Waals surface area contributed by atoms with E-state index in [2.05, 4.69) is 5.32 Å². The van der Waals surface area contributed by atoms with E-state index in [1.165, 1.54) is 18.4 Å². The summed E-state index contributed by atoms with van der Waals surface area (Å²) in [6, 6.07) is 6.84. The topological polar surface area (TPSA) is 64.6 Å². The standard InChI is InChI=1S/C18H18ClNO4S/c1-23-18(22)16-13-7-2-3-8-14(13)25-17(16)20-15(21)10-24-12-6-4-5-11(19)9-12/h4-6,9H,2-3,7-8,10H2,1H3,(H,20,21). The average Bonchev–Trinajstić information content (AvgIpc) is 2.97. The summed E-state index contributed by atoms with van der Waals surface area (Å²) < 4.78 is 10.3. The third kappa shape index (κ3) is 4.14. The highest BCUT2D eigenvalue weighted by Crippen LogP contribution is 2.38. The lowest BCUT2D eigenvalue weighted by atomic mass is 9.95. The molecule has 1 aromatic heterocycles. The zero-order chi connectivity index (χ0) is 17.8. The molecule has 1 heterocycles. The van der Waals surface area contributed by atoms with Crippen molar-refractivity contribution in [1.29, 1.82) is 0 Å². The highest BCUT2D eigenvalue weighted by Gasteiger charge is 2.26. The van der Waals surface area contributed by atoms with Gasteiger partial charge >= 0.3 is 5.97 Å². The Bertz CT molecular complexity index is 802. The number of thiophene rings is 1. The number of esters is 1. The van der Waals surface area contributed by atoms with Crippen LogP contribution in [0.3, 0.4) is 0 Å². The summed E-state index contributed by atoms with van der Waals surface area (Å²) in [7, 11) is 1.35. The first-order chi connectivity index (χ1) is 12.1. The summed E-state index contributed by atoms with van der Waals surface area (Å²) in [6.07, 6.45) is 3.91. The van der Waals surface area contributed by atoms with Crippen LogP contribution < -0.4 is 10.1 Å². The number of ether oxygens (including phenoxy) is 2. The molecule has 0 saturated heterocycles. The van der Waals surface area contributed by atoms with Crippen LogP contribution in [0.1, 0.15) is 33.6 Å². The number of benzene rings is 1. The zero-order valence-corrected chi connectivity index (χ0v) is 15.3. The predicted octanol–water partition coefficient (Wildman–Crippen LogP) is 4.08. The SMILES string of the molecule is COC(=O)c1c(NC(=O)COc2cccc(Cl)c2)sc2c1CCCC2. The number of aryl methyl sites for hydroxylation is 1. The fraction of sp³-hybridized carbons (Fsp3) is 0.333. The molecule has 7 heteroatoms. The van der Waals surface area contributed by atoms with Crippen LogP contribution in [0.25, 0.3) is 0 Å². The molecule has 0 atom stereocenters. The molecule has 132 valence electrons. The van der Waals surface area contributed by atoms with Crippen LogP contribution in [-0.4, -0.2) is 25.6 Å². The molecule has 1 aliphatic carbocycles. The minimum atomic E-state index is -0.412. The number of rotatable bonds is 5. The maximum atomic E-state index is 12.2. The maximum absolute atomic E-state index is 12.2. The van der Waals surface area contributed by atoms with Crippen molar-refractivity contribution in [3.63, 3.8) is 0 Å². The smallest absolute Gasteiger partial charge is 0.341 e. The Morgan fingerprint density at radius 1 is 1.28 bits per heavy atom. The van der Waals surface area contributed by atoms with Crippen LogP contribution in [0, 0.1) is 0 Å². The fourth-order valence-corrected chi connectivity index (χ4v) is 4.31. The van der Waals surface area contributed by atoms with Crippen molar-refractivity contribution in [2.75, 3.05) is 19.0 Å². The van der Waals surface area contributed by atoms with Crippen molar-refractivity contribution in [2.45, 2.75) is 25.7 Å². The van der Waals surface area contributed by atoms with Crippen molar-refractivity contribution >= 4 is 39.8 Å². The second kappa shape index (κ2) is 7.89. The van der Waals surface area contributed by atoms with E-state index in [-0.39, 0.29) is 12.5 Å². The van der Waals surface area contributed by atoms with Gasteiger partial charge in [-0.3, -0.25) is 4.79 Å². The third-order valence-corrected chi connectivity index (χ3v) is 5.42. The van der Waals surface area contributed by atoms with Gasteiger partial charge in [0, 0.05) is 9.90 Å². The van der Waals surface area contributed by atoms with E-state index in [0.717, 1.165) is 36.1 Å². The van der Waals surface area contributed by atoms with Crippen molar-refractivity contribution in [3.05, 3.63) is 45.3 Å². The number of carbonyl (C=O) groups is 2. The summed E-state index contributed by atoms with van der Waals surface area (Å²) in [4.78, 5) is 25.5. The van der Waals surface area contributed by atoms with Crippen LogP contribution >= 0.6 is 22.9 Å². The van der Waals surface area contributed by atoms with Crippen molar-refractivity contribution in [3.8, 4) is 5.75 Å². The molecule has 0 spiro atoms. The molecule has 0 radical (unpaired) electrons. The molecule has 0 saturated carbocycles. The Balaban J connectivity index is 1.72. The van der Waals surface area contributed by atoms with Gasteiger partial charge in [0.2, 0.25) is 0 Å². The van der Waals surface area contributed by atoms with Crippen LogP contribution in [0.2, 0.25) is 5.02 Å². The van der Waals surface area contributed by atoms with E-state index >= 15 is 0 Å². The monoisotopic (exact) mass is 379 g/mol. The molecule has 25 heavy (non-hydrogen) atoms. The zero-order valence-electron chi connectivity index (χ0n) is 13.8. The molecule has 0 aliphatic heterocycles. The van der Waals surface area contributed by atoms with Gasteiger partial charge in [-0.05, 0) is 49.4 Å². The summed E-state index contributed by atoms with van der Waals surface area (Å²) in [5, 5.41) is 3.87. The van der Waals surface area contributed by atoms with Gasteiger partial charge < -0.3 is 14.8 Å². The van der Waals surface area contributed by atoms with E-state index in [0.29, 0.717) is 21.3 Å². The fourth-order valence-electron chi connectivity index (χ4n) is 2.84. The Kier molecular flexibility index (Phi) is 5.60. The lowest BCUT2D eigenvalue weighted by molar-refractivity contribution is -0.118. The van der Waals surface area contributed by atoms with Gasteiger partial charge in [-0.15, -0.1) is 11.3 Å². The number of hydrogen-bond donors (Lipinski definition) is 1. The minimum absolute atomic E-state index is 0.163. The van der Waals surface area contributed by atoms with Crippen LogP contribution in [0.15, 0.2) is 24.3 Å². The highest BCUT2D eigenvalue weighted by molar-refractivity contribution is 7.17. The van der Waals surface area contributed by atoms with E-state index < -0.39 is 5.97 Å². The first kappa shape index (κ1) is 17.8. The number of carbonyl (C=O) groups excluding carboxylic acids is 2. The number of methoxy groups -OCH3 is 1. The van der Waals surface area contributed by atoms with E-state index in [1.54, 1.807) is 24.3 Å². The molecule has 1 amide bonds. The number of halogens is 1. The Morgan fingerprint density at radius 3 is 2.84 bits per heavy atom. The lowest BCUT2D eigenvalue weighted by Gasteiger charge is -2.12. The molecule has 2 aromatic rings. The second-order valence-corrected chi connectivity index (χ2v) is 7.24. The Labute approximate surface area is 154 Å². The van der Waals surface area contributed by atoms with Gasteiger partial charge in [0.25, 0.3) is 5.91 Å². The van der Waals surface area contributed by atoms with Crippen LogP contribution in [-0.2, 0) is 22.4 Å². The van der Waals surface area contributed by atoms with Gasteiger partial charge in [0.05, 0.1) is 12.7 Å². The van der Waals surface area contributed by atoms with Crippen molar-refractivity contribution in [1.82, 2.24) is 0 Å². The number of anilines is 1. The maximum Gasteiger partial charge on any atom is 0.341 e. The first-order valence-electron chi connectivity index (χ1n) is 7.99. The quantitative estimate of drug-likeness (QED) is 0.795. The number of fused-ring (bicyclic) bond motifs is 1. The molecule has 1 aliphatic rings. The molecule has 0 fully saturated rings. The molecular formula is C18H18ClNO4S.